The van der Waals surface area contributed by atoms with E-state index in [0.717, 1.165) is 16.8 Å². The van der Waals surface area contributed by atoms with Gasteiger partial charge in [0.25, 0.3) is 5.91 Å². The highest BCUT2D eigenvalue weighted by atomic mass is 16.5. The van der Waals surface area contributed by atoms with Crippen molar-refractivity contribution in [1.29, 1.82) is 0 Å². The van der Waals surface area contributed by atoms with Gasteiger partial charge in [-0.3, -0.25) is 14.5 Å². The van der Waals surface area contributed by atoms with Crippen molar-refractivity contribution >= 4 is 29.2 Å². The minimum Gasteiger partial charge on any atom is -0.451 e. The third-order valence-electron chi connectivity index (χ3n) is 4.94. The normalized spacial score (nSPS) is 12.9. The standard InChI is InChI=1S/C22H21N5O4/c1-13-8-9-17(14(2)10-13)27-24-15(3)21(25-27)22(30)31-12-20(29)26-11-19(28)23-16-6-4-5-7-18(16)26/h4-10H,11-12H2,1-3H3,(H,23,28). The number of aromatic nitrogens is 3. The summed E-state index contributed by atoms with van der Waals surface area (Å²) < 4.78 is 5.20. The number of amides is 2. The number of anilines is 2. The number of nitrogens with zero attached hydrogens (tertiary/aromatic N) is 4. The summed E-state index contributed by atoms with van der Waals surface area (Å²) in [6.07, 6.45) is 0. The van der Waals surface area contributed by atoms with Gasteiger partial charge < -0.3 is 10.1 Å². The molecule has 3 aromatic rings. The topological polar surface area (TPSA) is 106 Å². The Balaban J connectivity index is 1.48. The molecule has 1 aliphatic heterocycles. The van der Waals surface area contributed by atoms with Crippen molar-refractivity contribution in [3.63, 3.8) is 0 Å². The molecule has 0 saturated heterocycles. The third kappa shape index (κ3) is 4.02. The van der Waals surface area contributed by atoms with Gasteiger partial charge in [-0.1, -0.05) is 29.8 Å². The van der Waals surface area contributed by atoms with Gasteiger partial charge in [-0.15, -0.1) is 5.10 Å². The number of aryl methyl sites for hydroxylation is 3. The number of hydrogen-bond donors (Lipinski definition) is 1. The van der Waals surface area contributed by atoms with Gasteiger partial charge in [0.05, 0.1) is 22.8 Å². The van der Waals surface area contributed by atoms with Crippen LogP contribution in [0, 0.1) is 20.8 Å². The van der Waals surface area contributed by atoms with Crippen molar-refractivity contribution in [3.8, 4) is 5.69 Å². The largest absolute Gasteiger partial charge is 0.451 e. The molecule has 0 atom stereocenters. The fourth-order valence-corrected chi connectivity index (χ4v) is 3.43. The van der Waals surface area contributed by atoms with E-state index in [1.165, 1.54) is 9.70 Å². The smallest absolute Gasteiger partial charge is 0.361 e. The van der Waals surface area contributed by atoms with Crippen LogP contribution in [0.1, 0.15) is 27.3 Å². The summed E-state index contributed by atoms with van der Waals surface area (Å²) >= 11 is 0. The Morgan fingerprint density at radius 2 is 1.84 bits per heavy atom. The van der Waals surface area contributed by atoms with Gasteiger partial charge in [0.15, 0.2) is 12.3 Å². The maximum atomic E-state index is 12.7. The maximum Gasteiger partial charge on any atom is 0.361 e. The molecule has 0 unspecified atom stereocenters. The first-order chi connectivity index (χ1) is 14.8. The van der Waals surface area contributed by atoms with Gasteiger partial charge in [-0.05, 0) is 44.5 Å². The molecular formula is C22H21N5O4. The summed E-state index contributed by atoms with van der Waals surface area (Å²) in [5.74, 6) is -1.57. The minimum atomic E-state index is -0.753. The molecule has 2 aromatic carbocycles. The summed E-state index contributed by atoms with van der Waals surface area (Å²) in [6, 6.07) is 12.7. The first kappa shape index (κ1) is 20.3. The Labute approximate surface area is 178 Å². The third-order valence-corrected chi connectivity index (χ3v) is 4.94. The molecule has 9 nitrogen and oxygen atoms in total. The predicted octanol–water partition coefficient (Wildman–Crippen LogP) is 2.33. The zero-order valence-corrected chi connectivity index (χ0v) is 17.4. The van der Waals surface area contributed by atoms with Gasteiger partial charge in [-0.2, -0.15) is 9.90 Å². The van der Waals surface area contributed by atoms with E-state index in [2.05, 4.69) is 15.5 Å². The predicted molar refractivity (Wildman–Crippen MR) is 113 cm³/mol. The molecule has 1 aromatic heterocycles. The number of carbonyl (C=O) groups is 3. The van der Waals surface area contributed by atoms with Crippen molar-refractivity contribution in [2.45, 2.75) is 20.8 Å². The van der Waals surface area contributed by atoms with E-state index in [4.69, 9.17) is 4.74 Å². The summed E-state index contributed by atoms with van der Waals surface area (Å²) in [4.78, 5) is 39.8. The molecule has 158 valence electrons. The first-order valence-corrected chi connectivity index (χ1v) is 9.71. The Hall–Kier alpha value is -4.01. The lowest BCUT2D eigenvalue weighted by molar-refractivity contribution is -0.124. The van der Waals surface area contributed by atoms with E-state index >= 15 is 0 Å². The van der Waals surface area contributed by atoms with Gasteiger partial charge >= 0.3 is 5.97 Å². The molecule has 0 saturated carbocycles. The maximum absolute atomic E-state index is 12.7. The van der Waals surface area contributed by atoms with Crippen molar-refractivity contribution in [1.82, 2.24) is 15.0 Å². The number of esters is 1. The molecule has 2 heterocycles. The van der Waals surface area contributed by atoms with E-state index < -0.39 is 18.5 Å². The lowest BCUT2D eigenvalue weighted by atomic mass is 10.1. The van der Waals surface area contributed by atoms with Crippen LogP contribution in [0.3, 0.4) is 0 Å². The van der Waals surface area contributed by atoms with Crippen LogP contribution in [0.2, 0.25) is 0 Å². The zero-order chi connectivity index (χ0) is 22.1. The van der Waals surface area contributed by atoms with Crippen LogP contribution in [0.5, 0.6) is 0 Å². The minimum absolute atomic E-state index is 0.0320. The highest BCUT2D eigenvalue weighted by Crippen LogP contribution is 2.28. The molecule has 1 aliphatic rings. The Morgan fingerprint density at radius 1 is 1.06 bits per heavy atom. The quantitative estimate of drug-likeness (QED) is 0.651. The molecule has 0 spiro atoms. The number of para-hydroxylation sites is 2. The highest BCUT2D eigenvalue weighted by Gasteiger charge is 2.28. The Morgan fingerprint density at radius 3 is 2.61 bits per heavy atom. The molecule has 0 fully saturated rings. The molecule has 1 N–H and O–H groups in total. The van der Waals surface area contributed by atoms with Gasteiger partial charge in [0.1, 0.15) is 6.54 Å². The van der Waals surface area contributed by atoms with Crippen LogP contribution in [-0.2, 0) is 14.3 Å². The molecule has 0 aliphatic carbocycles. The SMILES string of the molecule is Cc1ccc(-n2nc(C)c(C(=O)OCC(=O)N3CC(=O)Nc4ccccc43)n2)c(C)c1. The van der Waals surface area contributed by atoms with Gasteiger partial charge in [-0.25, -0.2) is 4.79 Å². The van der Waals surface area contributed by atoms with Crippen LogP contribution in [0.15, 0.2) is 42.5 Å². The first-order valence-electron chi connectivity index (χ1n) is 9.71. The van der Waals surface area contributed by atoms with Crippen LogP contribution in [0.4, 0.5) is 11.4 Å². The Bertz CT molecular complexity index is 1200. The second kappa shape index (κ2) is 8.02. The van der Waals surface area contributed by atoms with E-state index in [-0.39, 0.29) is 18.1 Å². The van der Waals surface area contributed by atoms with Crippen LogP contribution < -0.4 is 10.2 Å². The second-order valence-corrected chi connectivity index (χ2v) is 7.33. The average Bonchev–Trinajstić information content (AvgIpc) is 3.12. The summed E-state index contributed by atoms with van der Waals surface area (Å²) in [6.45, 7) is 4.91. The summed E-state index contributed by atoms with van der Waals surface area (Å²) in [5, 5.41) is 11.3. The van der Waals surface area contributed by atoms with Gasteiger partial charge in [0.2, 0.25) is 5.91 Å². The number of benzene rings is 2. The fourth-order valence-electron chi connectivity index (χ4n) is 3.43. The fraction of sp³-hybridized carbons (Fsp3) is 0.227. The number of rotatable bonds is 4. The van der Waals surface area contributed by atoms with Crippen LogP contribution in [-0.4, -0.2) is 45.9 Å². The number of ether oxygens (including phenoxy) is 1. The lowest BCUT2D eigenvalue weighted by Crippen LogP contribution is -2.44. The van der Waals surface area contributed by atoms with E-state index in [1.807, 2.05) is 32.0 Å². The van der Waals surface area contributed by atoms with Gasteiger partial charge in [0, 0.05) is 0 Å². The molecule has 2 amide bonds. The van der Waals surface area contributed by atoms with Crippen molar-refractivity contribution < 1.29 is 19.1 Å². The summed E-state index contributed by atoms with van der Waals surface area (Å²) in [7, 11) is 0. The molecule has 31 heavy (non-hydrogen) atoms. The number of nitrogens with one attached hydrogen (secondary N) is 1. The van der Waals surface area contributed by atoms with E-state index in [1.54, 1.807) is 31.2 Å². The molecule has 0 radical (unpaired) electrons. The van der Waals surface area contributed by atoms with Crippen LogP contribution >= 0.6 is 0 Å². The molecule has 9 heteroatoms. The van der Waals surface area contributed by atoms with Crippen molar-refractivity contribution in [3.05, 3.63) is 65.0 Å². The number of fused-ring (bicyclic) bond motifs is 1. The average molecular weight is 419 g/mol. The van der Waals surface area contributed by atoms with Crippen LogP contribution in [0.25, 0.3) is 5.69 Å². The lowest BCUT2D eigenvalue weighted by Gasteiger charge is -2.28. The Kier molecular flexibility index (Phi) is 5.24. The van der Waals surface area contributed by atoms with E-state index in [9.17, 15) is 14.4 Å². The highest BCUT2D eigenvalue weighted by molar-refractivity contribution is 6.10. The molecular weight excluding hydrogens is 398 g/mol. The number of hydrogen-bond acceptors (Lipinski definition) is 6. The summed E-state index contributed by atoms with van der Waals surface area (Å²) in [5.41, 5.74) is 4.33. The zero-order valence-electron chi connectivity index (χ0n) is 17.4. The monoisotopic (exact) mass is 419 g/mol. The number of carbonyl (C=O) groups excluding carboxylic acids is 3. The van der Waals surface area contributed by atoms with Crippen molar-refractivity contribution in [2.75, 3.05) is 23.4 Å². The molecule has 0 bridgehead atoms. The van der Waals surface area contributed by atoms with Crippen molar-refractivity contribution in [2.24, 2.45) is 0 Å². The second-order valence-electron chi connectivity index (χ2n) is 7.33. The van der Waals surface area contributed by atoms with E-state index in [0.29, 0.717) is 17.1 Å². The molecule has 4 rings (SSSR count).